The second-order valence-corrected chi connectivity index (χ2v) is 8.13. The van der Waals surface area contributed by atoms with E-state index < -0.39 is 6.10 Å². The van der Waals surface area contributed by atoms with Gasteiger partial charge in [-0.1, -0.05) is 18.2 Å². The Kier molecular flexibility index (Phi) is 7.50. The molecule has 2 saturated heterocycles. The number of ether oxygens (including phenoxy) is 4. The second-order valence-electron chi connectivity index (χ2n) is 8.13. The summed E-state index contributed by atoms with van der Waals surface area (Å²) in [5, 5.41) is 0. The normalized spacial score (nSPS) is 21.2. The van der Waals surface area contributed by atoms with Gasteiger partial charge in [0.25, 0.3) is 5.91 Å². The standard InChI is InChI=1S/C25H32N2O5/c1-29-20-8-5-7-19(17-20)23-24(32-22-10-6-9-21(18-22)30-2)25(28)27(23)12-4-3-11-26-13-15-31-16-14-26/h5-10,17-18,23-24H,3-4,11-16H2,1-2H3/t23-,24+/m0/s1. The topological polar surface area (TPSA) is 60.5 Å². The molecule has 7 heteroatoms. The summed E-state index contributed by atoms with van der Waals surface area (Å²) in [5.41, 5.74) is 1.02. The molecule has 0 bridgehead atoms. The van der Waals surface area contributed by atoms with Crippen LogP contribution in [0.1, 0.15) is 24.4 Å². The van der Waals surface area contributed by atoms with Crippen molar-refractivity contribution in [3.05, 3.63) is 54.1 Å². The highest BCUT2D eigenvalue weighted by Crippen LogP contribution is 2.39. The molecule has 0 aromatic heterocycles. The van der Waals surface area contributed by atoms with Crippen LogP contribution in [0.4, 0.5) is 0 Å². The number of benzene rings is 2. The van der Waals surface area contributed by atoms with Crippen molar-refractivity contribution in [2.75, 3.05) is 53.6 Å². The molecule has 0 aliphatic carbocycles. The van der Waals surface area contributed by atoms with Crippen molar-refractivity contribution in [2.45, 2.75) is 25.0 Å². The van der Waals surface area contributed by atoms with E-state index in [1.807, 2.05) is 47.4 Å². The number of carbonyl (C=O) groups is 1. The fourth-order valence-corrected chi connectivity index (χ4v) is 4.32. The molecule has 2 atom stereocenters. The summed E-state index contributed by atoms with van der Waals surface area (Å²) in [5.74, 6) is 2.12. The van der Waals surface area contributed by atoms with Crippen molar-refractivity contribution < 1.29 is 23.7 Å². The predicted molar refractivity (Wildman–Crippen MR) is 121 cm³/mol. The van der Waals surface area contributed by atoms with Crippen LogP contribution in [0.25, 0.3) is 0 Å². The Morgan fingerprint density at radius 2 is 1.56 bits per heavy atom. The van der Waals surface area contributed by atoms with E-state index in [1.54, 1.807) is 20.3 Å². The molecule has 32 heavy (non-hydrogen) atoms. The molecule has 0 spiro atoms. The number of amides is 1. The van der Waals surface area contributed by atoms with Crippen molar-refractivity contribution in [1.29, 1.82) is 0 Å². The van der Waals surface area contributed by atoms with Crippen molar-refractivity contribution in [1.82, 2.24) is 9.80 Å². The largest absolute Gasteiger partial charge is 0.497 e. The van der Waals surface area contributed by atoms with Crippen LogP contribution in [0.15, 0.2) is 48.5 Å². The summed E-state index contributed by atoms with van der Waals surface area (Å²) in [7, 11) is 3.27. The monoisotopic (exact) mass is 440 g/mol. The summed E-state index contributed by atoms with van der Waals surface area (Å²) in [4.78, 5) is 17.4. The average molecular weight is 441 g/mol. The lowest BCUT2D eigenvalue weighted by molar-refractivity contribution is -0.164. The fourth-order valence-electron chi connectivity index (χ4n) is 4.32. The SMILES string of the molecule is COc1cccc(O[C@H]2C(=O)N(CCCCN3CCOCC3)[C@H]2c2cccc(OC)c2)c1. The zero-order valence-electron chi connectivity index (χ0n) is 18.9. The van der Waals surface area contributed by atoms with Gasteiger partial charge in [-0.2, -0.15) is 0 Å². The van der Waals surface area contributed by atoms with Crippen LogP contribution in [0.5, 0.6) is 17.2 Å². The Morgan fingerprint density at radius 1 is 0.906 bits per heavy atom. The summed E-state index contributed by atoms with van der Waals surface area (Å²) in [6.07, 6.45) is 1.44. The molecule has 4 rings (SSSR count). The van der Waals surface area contributed by atoms with E-state index in [0.29, 0.717) is 18.0 Å². The molecular formula is C25H32N2O5. The van der Waals surface area contributed by atoms with Crippen LogP contribution in [0.3, 0.4) is 0 Å². The molecule has 2 aromatic carbocycles. The summed E-state index contributed by atoms with van der Waals surface area (Å²) < 4.78 is 22.3. The van der Waals surface area contributed by atoms with E-state index in [0.717, 1.165) is 57.0 Å². The first kappa shape index (κ1) is 22.4. The maximum absolute atomic E-state index is 13.1. The third kappa shape index (κ3) is 5.16. The molecule has 1 amide bonds. The number of unbranched alkanes of at least 4 members (excludes halogenated alkanes) is 1. The van der Waals surface area contributed by atoms with Gasteiger partial charge in [-0.05, 0) is 49.2 Å². The first-order chi connectivity index (χ1) is 15.7. The van der Waals surface area contributed by atoms with Crippen LogP contribution < -0.4 is 14.2 Å². The average Bonchev–Trinajstić information content (AvgIpc) is 2.85. The number of methoxy groups -OCH3 is 2. The van der Waals surface area contributed by atoms with Gasteiger partial charge >= 0.3 is 0 Å². The Bertz CT molecular complexity index is 899. The molecule has 2 heterocycles. The molecule has 2 fully saturated rings. The third-order valence-corrected chi connectivity index (χ3v) is 6.12. The zero-order chi connectivity index (χ0) is 22.3. The van der Waals surface area contributed by atoms with Gasteiger partial charge in [0.15, 0.2) is 0 Å². The van der Waals surface area contributed by atoms with Crippen LogP contribution in [-0.2, 0) is 9.53 Å². The van der Waals surface area contributed by atoms with Crippen LogP contribution in [0.2, 0.25) is 0 Å². The lowest BCUT2D eigenvalue weighted by Gasteiger charge is -2.47. The van der Waals surface area contributed by atoms with Crippen molar-refractivity contribution in [3.63, 3.8) is 0 Å². The quantitative estimate of drug-likeness (QED) is 0.418. The molecule has 2 aromatic rings. The number of β-lactam (4-membered cyclic amide) rings is 1. The first-order valence-corrected chi connectivity index (χ1v) is 11.2. The zero-order valence-corrected chi connectivity index (χ0v) is 18.9. The Balaban J connectivity index is 1.43. The molecular weight excluding hydrogens is 408 g/mol. The maximum atomic E-state index is 13.1. The van der Waals surface area contributed by atoms with Gasteiger partial charge in [0.2, 0.25) is 6.10 Å². The van der Waals surface area contributed by atoms with E-state index in [9.17, 15) is 4.79 Å². The molecule has 172 valence electrons. The number of morpholine rings is 1. The van der Waals surface area contributed by atoms with Crippen molar-refractivity contribution in [3.8, 4) is 17.2 Å². The minimum atomic E-state index is -0.562. The smallest absolute Gasteiger partial charge is 0.266 e. The molecule has 0 unspecified atom stereocenters. The van der Waals surface area contributed by atoms with Gasteiger partial charge in [0.1, 0.15) is 23.3 Å². The van der Waals surface area contributed by atoms with Crippen LogP contribution in [0, 0.1) is 0 Å². The van der Waals surface area contributed by atoms with E-state index >= 15 is 0 Å². The molecule has 0 radical (unpaired) electrons. The molecule has 7 nitrogen and oxygen atoms in total. The van der Waals surface area contributed by atoms with Crippen molar-refractivity contribution >= 4 is 5.91 Å². The second kappa shape index (κ2) is 10.7. The Morgan fingerprint density at radius 3 is 2.31 bits per heavy atom. The Hall–Kier alpha value is -2.77. The highest BCUT2D eigenvalue weighted by atomic mass is 16.5. The summed E-state index contributed by atoms with van der Waals surface area (Å²) in [6, 6.07) is 15.1. The van der Waals surface area contributed by atoms with Gasteiger partial charge in [-0.3, -0.25) is 9.69 Å². The minimum absolute atomic E-state index is 0.0204. The number of carbonyl (C=O) groups excluding carboxylic acids is 1. The predicted octanol–water partition coefficient (Wildman–Crippen LogP) is 3.15. The highest BCUT2D eigenvalue weighted by Gasteiger charge is 2.49. The van der Waals surface area contributed by atoms with Crippen molar-refractivity contribution in [2.24, 2.45) is 0 Å². The highest BCUT2D eigenvalue weighted by molar-refractivity contribution is 5.89. The number of rotatable bonds is 10. The third-order valence-electron chi connectivity index (χ3n) is 6.12. The van der Waals surface area contributed by atoms with E-state index in [4.69, 9.17) is 18.9 Å². The maximum Gasteiger partial charge on any atom is 0.266 e. The number of likely N-dealkylation sites (tertiary alicyclic amines) is 1. The van der Waals surface area contributed by atoms with E-state index in [-0.39, 0.29) is 11.9 Å². The number of hydrogen-bond donors (Lipinski definition) is 0. The van der Waals surface area contributed by atoms with Crippen LogP contribution in [-0.4, -0.2) is 75.4 Å². The molecule has 0 N–H and O–H groups in total. The van der Waals surface area contributed by atoms with Gasteiger partial charge in [-0.25, -0.2) is 0 Å². The lowest BCUT2D eigenvalue weighted by Crippen LogP contribution is -2.61. The Labute approximate surface area is 189 Å². The molecule has 2 aliphatic heterocycles. The lowest BCUT2D eigenvalue weighted by atomic mass is 9.90. The van der Waals surface area contributed by atoms with Gasteiger partial charge in [0.05, 0.1) is 27.4 Å². The number of nitrogens with zero attached hydrogens (tertiary/aromatic N) is 2. The fraction of sp³-hybridized carbons (Fsp3) is 0.480. The molecule has 0 saturated carbocycles. The first-order valence-electron chi connectivity index (χ1n) is 11.2. The van der Waals surface area contributed by atoms with Gasteiger partial charge < -0.3 is 23.8 Å². The van der Waals surface area contributed by atoms with E-state index in [1.165, 1.54) is 0 Å². The van der Waals surface area contributed by atoms with Gasteiger partial charge in [-0.15, -0.1) is 0 Å². The molecule has 2 aliphatic rings. The van der Waals surface area contributed by atoms with Gasteiger partial charge in [0, 0.05) is 25.7 Å². The minimum Gasteiger partial charge on any atom is -0.497 e. The summed E-state index contributed by atoms with van der Waals surface area (Å²) >= 11 is 0. The number of hydrogen-bond acceptors (Lipinski definition) is 6. The van der Waals surface area contributed by atoms with Crippen LogP contribution >= 0.6 is 0 Å². The summed E-state index contributed by atoms with van der Waals surface area (Å²) in [6.45, 7) is 5.36. The van der Waals surface area contributed by atoms with E-state index in [2.05, 4.69) is 4.90 Å².